The summed E-state index contributed by atoms with van der Waals surface area (Å²) in [5, 5.41) is 10.0. The molecule has 29 heavy (non-hydrogen) atoms. The highest BCUT2D eigenvalue weighted by atomic mass is 16.4. The van der Waals surface area contributed by atoms with E-state index in [9.17, 15) is 14.7 Å². The molecule has 0 radical (unpaired) electrons. The topological polar surface area (TPSA) is 60.9 Å². The van der Waals surface area contributed by atoms with E-state index in [0.717, 1.165) is 55.6 Å². The smallest absolute Gasteiger partial charge is 0.325 e. The van der Waals surface area contributed by atoms with Gasteiger partial charge in [0.1, 0.15) is 6.04 Å². The number of carbonyl (C=O) groups is 2. The second-order valence-corrected chi connectivity index (χ2v) is 8.52. The third-order valence-corrected chi connectivity index (χ3v) is 6.63. The van der Waals surface area contributed by atoms with Crippen LogP contribution in [-0.2, 0) is 9.59 Å². The second-order valence-electron chi connectivity index (χ2n) is 8.52. The number of carboxylic acid groups (broad SMARTS) is 1. The first kappa shape index (κ1) is 19.6. The zero-order valence-electron chi connectivity index (χ0n) is 16.9. The van der Waals surface area contributed by atoms with Crippen LogP contribution < -0.4 is 0 Å². The number of aliphatic carboxylic acids is 1. The predicted molar refractivity (Wildman–Crippen MR) is 112 cm³/mol. The summed E-state index contributed by atoms with van der Waals surface area (Å²) in [5.41, 5.74) is 3.10. The molecule has 1 N–H and O–H groups in total. The lowest BCUT2D eigenvalue weighted by molar-refractivity contribution is -0.145. The summed E-state index contributed by atoms with van der Waals surface area (Å²) < 4.78 is 0. The Morgan fingerprint density at radius 2 is 1.69 bits per heavy atom. The van der Waals surface area contributed by atoms with Gasteiger partial charge in [-0.3, -0.25) is 14.5 Å². The molecule has 2 fully saturated rings. The Morgan fingerprint density at radius 3 is 2.34 bits per heavy atom. The van der Waals surface area contributed by atoms with Crippen LogP contribution in [-0.4, -0.2) is 53.5 Å². The van der Waals surface area contributed by atoms with Crippen molar-refractivity contribution in [2.75, 3.05) is 26.7 Å². The lowest BCUT2D eigenvalue weighted by atomic mass is 9.72. The SMILES string of the molecule is CN1CC2(CCC1=O)CCN(C(C(=O)O)c1cccc(-c3ccccc3)c1)CC2. The molecular formula is C24H28N2O3. The maximum atomic E-state index is 12.2. The van der Waals surface area contributed by atoms with E-state index in [1.165, 1.54) is 0 Å². The Hall–Kier alpha value is -2.66. The molecule has 2 aliphatic rings. The van der Waals surface area contributed by atoms with Crippen LogP contribution in [0.1, 0.15) is 37.3 Å². The summed E-state index contributed by atoms with van der Waals surface area (Å²) in [4.78, 5) is 28.0. The largest absolute Gasteiger partial charge is 0.480 e. The molecule has 2 heterocycles. The first-order valence-electron chi connectivity index (χ1n) is 10.3. The maximum Gasteiger partial charge on any atom is 0.325 e. The molecule has 4 rings (SSSR count). The molecule has 2 aliphatic heterocycles. The second kappa shape index (κ2) is 7.99. The minimum Gasteiger partial charge on any atom is -0.480 e. The molecule has 0 bridgehead atoms. The van der Waals surface area contributed by atoms with E-state index in [2.05, 4.69) is 4.90 Å². The Balaban J connectivity index is 1.52. The zero-order chi connectivity index (χ0) is 20.4. The summed E-state index contributed by atoms with van der Waals surface area (Å²) in [6.07, 6.45) is 3.41. The number of hydrogen-bond acceptors (Lipinski definition) is 3. The molecule has 1 unspecified atom stereocenters. The Kier molecular flexibility index (Phi) is 5.41. The third kappa shape index (κ3) is 4.06. The van der Waals surface area contributed by atoms with Crippen molar-refractivity contribution in [2.24, 2.45) is 5.41 Å². The van der Waals surface area contributed by atoms with Gasteiger partial charge in [-0.15, -0.1) is 0 Å². The molecule has 5 nitrogen and oxygen atoms in total. The van der Waals surface area contributed by atoms with Crippen molar-refractivity contribution in [3.8, 4) is 11.1 Å². The van der Waals surface area contributed by atoms with Crippen molar-refractivity contribution >= 4 is 11.9 Å². The summed E-state index contributed by atoms with van der Waals surface area (Å²) in [6.45, 7) is 2.28. The fraction of sp³-hybridized carbons (Fsp3) is 0.417. The van der Waals surface area contributed by atoms with E-state index < -0.39 is 12.0 Å². The van der Waals surface area contributed by atoms with Crippen LogP contribution in [0.15, 0.2) is 54.6 Å². The fourth-order valence-corrected chi connectivity index (χ4v) is 4.93. The highest BCUT2D eigenvalue weighted by Gasteiger charge is 2.42. The molecule has 0 saturated carbocycles. The van der Waals surface area contributed by atoms with Crippen LogP contribution in [0.3, 0.4) is 0 Å². The van der Waals surface area contributed by atoms with Crippen molar-refractivity contribution in [3.05, 3.63) is 60.2 Å². The van der Waals surface area contributed by atoms with Crippen molar-refractivity contribution < 1.29 is 14.7 Å². The fourth-order valence-electron chi connectivity index (χ4n) is 4.93. The molecule has 1 spiro atoms. The number of nitrogens with zero attached hydrogens (tertiary/aromatic N) is 2. The first-order valence-corrected chi connectivity index (χ1v) is 10.3. The van der Waals surface area contributed by atoms with Crippen LogP contribution in [0.5, 0.6) is 0 Å². The van der Waals surface area contributed by atoms with Gasteiger partial charge in [-0.2, -0.15) is 0 Å². The molecular weight excluding hydrogens is 364 g/mol. The molecule has 2 aromatic rings. The normalized spacial score (nSPS) is 20.6. The zero-order valence-corrected chi connectivity index (χ0v) is 16.9. The quantitative estimate of drug-likeness (QED) is 0.859. The van der Waals surface area contributed by atoms with Gasteiger partial charge >= 0.3 is 5.97 Å². The van der Waals surface area contributed by atoms with Crippen LogP contribution in [0.25, 0.3) is 11.1 Å². The summed E-state index contributed by atoms with van der Waals surface area (Å²) in [6, 6.07) is 17.3. The molecule has 2 saturated heterocycles. The third-order valence-electron chi connectivity index (χ3n) is 6.63. The van der Waals surface area contributed by atoms with Crippen LogP contribution in [0, 0.1) is 5.41 Å². The van der Waals surface area contributed by atoms with E-state index in [0.29, 0.717) is 6.42 Å². The molecule has 0 aliphatic carbocycles. The highest BCUT2D eigenvalue weighted by molar-refractivity contribution is 5.77. The van der Waals surface area contributed by atoms with Gasteiger partial charge < -0.3 is 10.0 Å². The van der Waals surface area contributed by atoms with Gasteiger partial charge in [0.2, 0.25) is 5.91 Å². The van der Waals surface area contributed by atoms with Crippen molar-refractivity contribution in [1.82, 2.24) is 9.80 Å². The van der Waals surface area contributed by atoms with Gasteiger partial charge in [0.05, 0.1) is 0 Å². The lowest BCUT2D eigenvalue weighted by Crippen LogP contribution is -2.51. The Bertz CT molecular complexity index is 888. The Labute approximate surface area is 171 Å². The molecule has 5 heteroatoms. The average molecular weight is 392 g/mol. The number of carboxylic acids is 1. The number of carbonyl (C=O) groups excluding carboxylic acids is 1. The van der Waals surface area contributed by atoms with Gasteiger partial charge in [0.25, 0.3) is 0 Å². The molecule has 1 amide bonds. The van der Waals surface area contributed by atoms with Crippen LogP contribution in [0.2, 0.25) is 0 Å². The number of benzene rings is 2. The van der Waals surface area contributed by atoms with E-state index in [1.807, 2.05) is 66.5 Å². The van der Waals surface area contributed by atoms with Gasteiger partial charge in [0, 0.05) is 20.0 Å². The van der Waals surface area contributed by atoms with Crippen molar-refractivity contribution in [2.45, 2.75) is 31.7 Å². The number of rotatable bonds is 4. The summed E-state index contributed by atoms with van der Waals surface area (Å²) >= 11 is 0. The predicted octanol–water partition coefficient (Wildman–Crippen LogP) is 3.81. The van der Waals surface area contributed by atoms with E-state index >= 15 is 0 Å². The van der Waals surface area contributed by atoms with Gasteiger partial charge in [-0.05, 0) is 60.5 Å². The highest BCUT2D eigenvalue weighted by Crippen LogP contribution is 2.41. The number of amides is 1. The minimum atomic E-state index is -0.804. The van der Waals surface area contributed by atoms with Crippen LogP contribution in [0.4, 0.5) is 0 Å². The standard InChI is InChI=1S/C24H28N2O3/c1-25-17-24(11-10-21(25)27)12-14-26(15-13-24)22(23(28)29)20-9-5-8-19(16-20)18-6-3-2-4-7-18/h2-9,16,22H,10-15,17H2,1H3,(H,28,29). The minimum absolute atomic E-state index is 0.147. The summed E-state index contributed by atoms with van der Waals surface area (Å²) in [5.74, 6) is -0.582. The molecule has 152 valence electrons. The van der Waals surface area contributed by atoms with Crippen LogP contribution >= 0.6 is 0 Å². The molecule has 2 aromatic carbocycles. The maximum absolute atomic E-state index is 12.2. The average Bonchev–Trinajstić information content (AvgIpc) is 2.74. The molecule has 1 atom stereocenters. The van der Waals surface area contributed by atoms with Crippen molar-refractivity contribution in [3.63, 3.8) is 0 Å². The van der Waals surface area contributed by atoms with E-state index in [-0.39, 0.29) is 11.3 Å². The Morgan fingerprint density at radius 1 is 1.00 bits per heavy atom. The van der Waals surface area contributed by atoms with Gasteiger partial charge in [-0.1, -0.05) is 48.5 Å². The monoisotopic (exact) mass is 392 g/mol. The van der Waals surface area contributed by atoms with E-state index in [4.69, 9.17) is 0 Å². The number of piperidine rings is 2. The van der Waals surface area contributed by atoms with Gasteiger partial charge in [0.15, 0.2) is 0 Å². The summed E-state index contributed by atoms with van der Waals surface area (Å²) in [7, 11) is 1.88. The van der Waals surface area contributed by atoms with Crippen molar-refractivity contribution in [1.29, 1.82) is 0 Å². The first-order chi connectivity index (χ1) is 14.0. The van der Waals surface area contributed by atoms with Gasteiger partial charge in [-0.25, -0.2) is 0 Å². The van der Waals surface area contributed by atoms with E-state index in [1.54, 1.807) is 0 Å². The lowest BCUT2D eigenvalue weighted by Gasteiger charge is -2.47. The number of likely N-dealkylation sites (tertiary alicyclic amines) is 2. The number of hydrogen-bond donors (Lipinski definition) is 1. The molecule has 0 aromatic heterocycles.